The van der Waals surface area contributed by atoms with E-state index in [9.17, 15) is 0 Å². The molecule has 0 saturated heterocycles. The molecule has 8 heteroatoms. The van der Waals surface area contributed by atoms with Crippen LogP contribution in [0, 0.1) is 11.3 Å². The average molecular weight is 438 g/mol. The van der Waals surface area contributed by atoms with Gasteiger partial charge in [0.1, 0.15) is 0 Å². The van der Waals surface area contributed by atoms with Crippen LogP contribution in [-0.2, 0) is 9.47 Å². The summed E-state index contributed by atoms with van der Waals surface area (Å²) in [4.78, 5) is 6.99. The average Bonchev–Trinajstić information content (AvgIpc) is 3.08. The van der Waals surface area contributed by atoms with Crippen molar-refractivity contribution >= 4 is 32.4 Å². The maximum atomic E-state index is 6.06. The fourth-order valence-corrected chi connectivity index (χ4v) is 4.54. The van der Waals surface area contributed by atoms with Gasteiger partial charge in [0.2, 0.25) is 0 Å². The smallest absolute Gasteiger partial charge is 0.186 e. The van der Waals surface area contributed by atoms with E-state index in [1.54, 1.807) is 25.6 Å². The summed E-state index contributed by atoms with van der Waals surface area (Å²) < 4.78 is 17.6. The first-order chi connectivity index (χ1) is 14.3. The van der Waals surface area contributed by atoms with Gasteiger partial charge in [-0.25, -0.2) is 4.98 Å². The number of hydrogen-bond donors (Lipinski definition) is 1. The van der Waals surface area contributed by atoms with Gasteiger partial charge in [-0.3, -0.25) is 0 Å². The van der Waals surface area contributed by atoms with Crippen molar-refractivity contribution in [3.8, 4) is 5.75 Å². The fraction of sp³-hybridized carbons (Fsp3) is 0.682. The Balaban J connectivity index is 2.14. The second kappa shape index (κ2) is 11.6. The van der Waals surface area contributed by atoms with Crippen LogP contribution in [0.15, 0.2) is 17.2 Å². The van der Waals surface area contributed by atoms with Crippen LogP contribution in [0.25, 0.3) is 10.2 Å². The maximum absolute atomic E-state index is 6.06. The summed E-state index contributed by atoms with van der Waals surface area (Å²) in [6, 6.07) is 3.90. The highest BCUT2D eigenvalue weighted by atomic mass is 32.1. The molecule has 1 aromatic heterocycles. The number of methoxy groups -OCH3 is 2. The molecule has 7 nitrogen and oxygen atoms in total. The summed E-state index contributed by atoms with van der Waals surface area (Å²) >= 11 is 1.61. The van der Waals surface area contributed by atoms with Crippen LogP contribution in [-0.4, -0.2) is 52.1 Å². The molecule has 30 heavy (non-hydrogen) atoms. The minimum Gasteiger partial charge on any atom is -0.491 e. The Labute approximate surface area is 184 Å². The first kappa shape index (κ1) is 24.5. The van der Waals surface area contributed by atoms with Crippen molar-refractivity contribution < 1.29 is 19.7 Å². The molecule has 1 aromatic carbocycles. The second-order valence-corrected chi connectivity index (χ2v) is 9.90. The van der Waals surface area contributed by atoms with Gasteiger partial charge < -0.3 is 19.1 Å². The Bertz CT molecular complexity index is 796. The van der Waals surface area contributed by atoms with E-state index in [0.29, 0.717) is 42.6 Å². The monoisotopic (exact) mass is 437 g/mol. The zero-order valence-corrected chi connectivity index (χ0v) is 20.1. The third-order valence-corrected chi connectivity index (χ3v) is 5.91. The van der Waals surface area contributed by atoms with Gasteiger partial charge in [-0.1, -0.05) is 39.0 Å². The van der Waals surface area contributed by atoms with E-state index < -0.39 is 0 Å². The Kier molecular flexibility index (Phi) is 9.45. The summed E-state index contributed by atoms with van der Waals surface area (Å²) in [5.41, 5.74) is 7.51. The lowest BCUT2D eigenvalue weighted by atomic mass is 9.84. The van der Waals surface area contributed by atoms with Gasteiger partial charge >= 0.3 is 0 Å². The number of ether oxygens (including phenoxy) is 3. The Morgan fingerprint density at radius 1 is 1.13 bits per heavy atom. The summed E-state index contributed by atoms with van der Waals surface area (Å²) in [6.45, 7) is 12.5. The molecular formula is C22H37N4O3S+. The molecule has 0 aliphatic heterocycles. The standard InChI is InChI=1S/C22H36N4O3S/c1-16(15-22(2,3)4)7-10-29-19-13-18-20(14-17(19)25-23)30-21(24-18)26(8-11-27-5)9-12-28-6/h13-14,16,23H,7-12,15H2,1-6H3/p+1. The van der Waals surface area contributed by atoms with Crippen molar-refractivity contribution in [3.05, 3.63) is 12.1 Å². The minimum absolute atomic E-state index is 0.324. The number of hydrogen-bond acceptors (Lipinski definition) is 7. The van der Waals surface area contributed by atoms with Gasteiger partial charge in [-0.15, -0.1) is 0 Å². The lowest BCUT2D eigenvalue weighted by molar-refractivity contribution is -0.210. The molecule has 1 unspecified atom stereocenters. The lowest BCUT2D eigenvalue weighted by Gasteiger charge is -2.23. The van der Waals surface area contributed by atoms with Crippen molar-refractivity contribution in [1.82, 2.24) is 4.98 Å². The number of fused-ring (bicyclic) bond motifs is 1. The predicted molar refractivity (Wildman–Crippen MR) is 123 cm³/mol. The normalized spacial score (nSPS) is 12.9. The van der Waals surface area contributed by atoms with Crippen LogP contribution in [0.4, 0.5) is 10.8 Å². The van der Waals surface area contributed by atoms with Crippen molar-refractivity contribution in [2.24, 2.45) is 16.4 Å². The SMILES string of the molecule is COCCN(CCOC)c1nc2cc(OCCC(C)CC(C)(C)C)c(N=[NH2+])cc2s1. The highest BCUT2D eigenvalue weighted by Gasteiger charge is 2.18. The van der Waals surface area contributed by atoms with E-state index in [0.717, 1.165) is 41.3 Å². The Morgan fingerprint density at radius 3 is 2.37 bits per heavy atom. The molecular weight excluding hydrogens is 400 g/mol. The van der Waals surface area contributed by atoms with Gasteiger partial charge in [0, 0.05) is 33.4 Å². The molecule has 0 aliphatic rings. The quantitative estimate of drug-likeness (QED) is 0.478. The molecule has 1 atom stereocenters. The van der Waals surface area contributed by atoms with Crippen LogP contribution in [0.3, 0.4) is 0 Å². The van der Waals surface area contributed by atoms with Crippen molar-refractivity contribution in [1.29, 1.82) is 0 Å². The largest absolute Gasteiger partial charge is 0.491 e. The van der Waals surface area contributed by atoms with Crippen molar-refractivity contribution in [3.63, 3.8) is 0 Å². The van der Waals surface area contributed by atoms with Crippen LogP contribution < -0.4 is 15.2 Å². The lowest BCUT2D eigenvalue weighted by Crippen LogP contribution is -2.30. The summed E-state index contributed by atoms with van der Waals surface area (Å²) in [5, 5.41) is 4.86. The summed E-state index contributed by atoms with van der Waals surface area (Å²) in [6.07, 6.45) is 2.15. The second-order valence-electron chi connectivity index (χ2n) is 8.89. The molecule has 0 saturated carbocycles. The topological polar surface area (TPSA) is 81.8 Å². The zero-order chi connectivity index (χ0) is 22.1. The number of thiazole rings is 1. The van der Waals surface area contributed by atoms with Gasteiger partial charge in [-0.05, 0) is 35.4 Å². The van der Waals surface area contributed by atoms with Crippen LogP contribution in [0.2, 0.25) is 0 Å². The van der Waals surface area contributed by atoms with E-state index in [1.807, 2.05) is 12.1 Å². The summed E-state index contributed by atoms with van der Waals surface area (Å²) in [7, 11) is 3.40. The first-order valence-corrected chi connectivity index (χ1v) is 11.3. The first-order valence-electron chi connectivity index (χ1n) is 10.5. The zero-order valence-electron chi connectivity index (χ0n) is 19.2. The fourth-order valence-electron chi connectivity index (χ4n) is 3.51. The maximum Gasteiger partial charge on any atom is 0.186 e. The number of nitrogens with two attached hydrogens (primary N) is 1. The number of benzene rings is 1. The van der Waals surface area contributed by atoms with Crippen LogP contribution >= 0.6 is 11.3 Å². The highest BCUT2D eigenvalue weighted by Crippen LogP contribution is 2.37. The number of aromatic nitrogens is 1. The van der Waals surface area contributed by atoms with Gasteiger partial charge in [0.05, 0.1) is 30.0 Å². The number of rotatable bonds is 13. The molecule has 0 spiro atoms. The molecule has 0 bridgehead atoms. The third-order valence-electron chi connectivity index (χ3n) is 4.83. The van der Waals surface area contributed by atoms with Crippen LogP contribution in [0.1, 0.15) is 40.5 Å². The Hall–Kier alpha value is -1.77. The van der Waals surface area contributed by atoms with E-state index >= 15 is 0 Å². The van der Waals surface area contributed by atoms with E-state index in [2.05, 4.69) is 37.7 Å². The third kappa shape index (κ3) is 7.49. The molecule has 0 fully saturated rings. The Morgan fingerprint density at radius 2 is 1.80 bits per heavy atom. The number of anilines is 1. The van der Waals surface area contributed by atoms with E-state index in [-0.39, 0.29) is 0 Å². The molecule has 168 valence electrons. The minimum atomic E-state index is 0.324. The predicted octanol–water partition coefficient (Wildman–Crippen LogP) is 4.08. The molecule has 2 N–H and O–H groups in total. The number of nitrogens with zero attached hydrogens (tertiary/aromatic N) is 3. The molecule has 1 heterocycles. The van der Waals surface area contributed by atoms with Crippen molar-refractivity contribution in [2.45, 2.75) is 40.5 Å². The molecule has 2 aromatic rings. The van der Waals surface area contributed by atoms with Crippen LogP contribution in [0.5, 0.6) is 5.75 Å². The van der Waals surface area contributed by atoms with E-state index in [4.69, 9.17) is 24.7 Å². The molecule has 0 radical (unpaired) electrons. The van der Waals surface area contributed by atoms with E-state index in [1.165, 1.54) is 0 Å². The molecule has 0 amide bonds. The van der Waals surface area contributed by atoms with Gasteiger partial charge in [0.25, 0.3) is 0 Å². The summed E-state index contributed by atoms with van der Waals surface area (Å²) in [5.74, 6) is 1.28. The van der Waals surface area contributed by atoms with Gasteiger partial charge in [-0.2, -0.15) is 5.53 Å². The highest BCUT2D eigenvalue weighted by molar-refractivity contribution is 7.22. The molecule has 0 aliphatic carbocycles. The molecule has 2 rings (SSSR count). The van der Waals surface area contributed by atoms with Gasteiger partial charge in [0.15, 0.2) is 16.6 Å². The van der Waals surface area contributed by atoms with Crippen molar-refractivity contribution in [2.75, 3.05) is 52.0 Å².